The first-order chi connectivity index (χ1) is 12.4. The summed E-state index contributed by atoms with van der Waals surface area (Å²) in [6.07, 6.45) is 7.39. The monoisotopic (exact) mass is 376 g/mol. The van der Waals surface area contributed by atoms with Crippen LogP contribution in [0.3, 0.4) is 0 Å². The molecule has 0 atom stereocenters. The largest absolute Gasteiger partial charge is 0.369 e. The van der Waals surface area contributed by atoms with Crippen molar-refractivity contribution in [1.82, 2.24) is 13.9 Å². The first kappa shape index (κ1) is 17.5. The highest BCUT2D eigenvalue weighted by atomic mass is 32.2. The molecule has 2 heterocycles. The average Bonchev–Trinajstić information content (AvgIpc) is 3.15. The van der Waals surface area contributed by atoms with Gasteiger partial charge in [0, 0.05) is 37.9 Å². The summed E-state index contributed by atoms with van der Waals surface area (Å²) in [5, 5.41) is 0.651. The topological polar surface area (TPSA) is 75.5 Å². The van der Waals surface area contributed by atoms with Crippen molar-refractivity contribution in [1.29, 1.82) is 0 Å². The van der Waals surface area contributed by atoms with E-state index in [2.05, 4.69) is 9.88 Å². The van der Waals surface area contributed by atoms with Gasteiger partial charge in [-0.15, -0.1) is 0 Å². The van der Waals surface area contributed by atoms with E-state index in [4.69, 9.17) is 0 Å². The lowest BCUT2D eigenvalue weighted by atomic mass is 10.2. The van der Waals surface area contributed by atoms with Gasteiger partial charge in [0.05, 0.1) is 23.5 Å². The SMILES string of the molecule is CS(=O)(=O)N1CCN(c2ccc3c(=O)n(C4CCCC4)cnc3c2)CC1. The normalized spacial score (nSPS) is 20.1. The molecule has 26 heavy (non-hydrogen) atoms. The number of aromatic nitrogens is 2. The average molecular weight is 376 g/mol. The number of anilines is 1. The van der Waals surface area contributed by atoms with E-state index in [9.17, 15) is 13.2 Å². The summed E-state index contributed by atoms with van der Waals surface area (Å²) >= 11 is 0. The Morgan fingerprint density at radius 2 is 1.77 bits per heavy atom. The minimum atomic E-state index is -3.13. The highest BCUT2D eigenvalue weighted by Gasteiger charge is 2.24. The molecule has 0 unspecified atom stereocenters. The van der Waals surface area contributed by atoms with E-state index in [0.29, 0.717) is 37.1 Å². The predicted octanol–water partition coefficient (Wildman–Crippen LogP) is 1.59. The molecular weight excluding hydrogens is 352 g/mol. The molecule has 2 aromatic rings. The number of sulfonamides is 1. The van der Waals surface area contributed by atoms with Gasteiger partial charge in [-0.25, -0.2) is 13.4 Å². The lowest BCUT2D eigenvalue weighted by molar-refractivity contribution is 0.388. The van der Waals surface area contributed by atoms with Gasteiger partial charge in [0.25, 0.3) is 5.56 Å². The Balaban J connectivity index is 1.59. The van der Waals surface area contributed by atoms with Crippen molar-refractivity contribution in [2.75, 3.05) is 37.3 Å². The van der Waals surface area contributed by atoms with E-state index in [1.807, 2.05) is 18.2 Å². The van der Waals surface area contributed by atoms with Crippen LogP contribution < -0.4 is 10.5 Å². The van der Waals surface area contributed by atoms with E-state index in [1.165, 1.54) is 23.4 Å². The molecule has 0 spiro atoms. The molecule has 2 aliphatic rings. The van der Waals surface area contributed by atoms with Gasteiger partial charge in [0.15, 0.2) is 0 Å². The summed E-state index contributed by atoms with van der Waals surface area (Å²) in [6, 6.07) is 6.02. The summed E-state index contributed by atoms with van der Waals surface area (Å²) < 4.78 is 26.6. The van der Waals surface area contributed by atoms with E-state index < -0.39 is 10.0 Å². The van der Waals surface area contributed by atoms with E-state index >= 15 is 0 Å². The van der Waals surface area contributed by atoms with Crippen molar-refractivity contribution in [3.05, 3.63) is 34.9 Å². The maximum Gasteiger partial charge on any atom is 0.261 e. The summed E-state index contributed by atoms with van der Waals surface area (Å²) in [5.41, 5.74) is 1.72. The van der Waals surface area contributed by atoms with Gasteiger partial charge in [-0.05, 0) is 31.0 Å². The minimum absolute atomic E-state index is 0.0374. The van der Waals surface area contributed by atoms with Crippen LogP contribution >= 0.6 is 0 Å². The van der Waals surface area contributed by atoms with Crippen LogP contribution in [0.1, 0.15) is 31.7 Å². The summed E-state index contributed by atoms with van der Waals surface area (Å²) in [4.78, 5) is 19.5. The Morgan fingerprint density at radius 1 is 1.08 bits per heavy atom. The van der Waals surface area contributed by atoms with Gasteiger partial charge >= 0.3 is 0 Å². The molecular formula is C18H24N4O3S. The summed E-state index contributed by atoms with van der Waals surface area (Å²) in [7, 11) is -3.13. The highest BCUT2D eigenvalue weighted by Crippen LogP contribution is 2.28. The number of hydrogen-bond donors (Lipinski definition) is 0. The molecule has 4 rings (SSSR count). The van der Waals surface area contributed by atoms with Crippen molar-refractivity contribution >= 4 is 26.6 Å². The maximum atomic E-state index is 12.8. The fourth-order valence-corrected chi connectivity index (χ4v) is 4.87. The van der Waals surface area contributed by atoms with Crippen LogP contribution in [0, 0.1) is 0 Å². The van der Waals surface area contributed by atoms with Crippen LogP contribution in [0.2, 0.25) is 0 Å². The second kappa shape index (κ2) is 6.66. The van der Waals surface area contributed by atoms with Crippen molar-refractivity contribution in [2.45, 2.75) is 31.7 Å². The van der Waals surface area contributed by atoms with Crippen molar-refractivity contribution in [2.24, 2.45) is 0 Å². The Morgan fingerprint density at radius 3 is 2.42 bits per heavy atom. The first-order valence-corrected chi connectivity index (χ1v) is 11.0. The second-order valence-electron chi connectivity index (χ2n) is 7.25. The number of nitrogens with zero attached hydrogens (tertiary/aromatic N) is 4. The van der Waals surface area contributed by atoms with Gasteiger partial charge < -0.3 is 4.90 Å². The molecule has 8 heteroatoms. The van der Waals surface area contributed by atoms with Crippen molar-refractivity contribution < 1.29 is 8.42 Å². The maximum absolute atomic E-state index is 12.8. The summed E-state index contributed by atoms with van der Waals surface area (Å²) in [5.74, 6) is 0. The third kappa shape index (κ3) is 3.23. The fourth-order valence-electron chi connectivity index (χ4n) is 4.04. The van der Waals surface area contributed by atoms with E-state index in [0.717, 1.165) is 18.5 Å². The molecule has 2 fully saturated rings. The molecule has 0 bridgehead atoms. The number of hydrogen-bond acceptors (Lipinski definition) is 5. The Labute approximate surface area is 153 Å². The molecule has 7 nitrogen and oxygen atoms in total. The van der Waals surface area contributed by atoms with Gasteiger partial charge in [-0.2, -0.15) is 4.31 Å². The molecule has 1 aliphatic carbocycles. The van der Waals surface area contributed by atoms with Crippen molar-refractivity contribution in [3.8, 4) is 0 Å². The van der Waals surface area contributed by atoms with Gasteiger partial charge in [0.1, 0.15) is 0 Å². The quantitative estimate of drug-likeness (QED) is 0.813. The second-order valence-corrected chi connectivity index (χ2v) is 9.23. The Kier molecular flexibility index (Phi) is 4.48. The molecule has 0 N–H and O–H groups in total. The molecule has 1 aliphatic heterocycles. The van der Waals surface area contributed by atoms with Crippen LogP contribution in [-0.4, -0.2) is 54.7 Å². The van der Waals surface area contributed by atoms with E-state index in [-0.39, 0.29) is 11.6 Å². The number of fused-ring (bicyclic) bond motifs is 1. The molecule has 1 aromatic carbocycles. The predicted molar refractivity (Wildman–Crippen MR) is 102 cm³/mol. The zero-order valence-corrected chi connectivity index (χ0v) is 15.8. The first-order valence-electron chi connectivity index (χ1n) is 9.14. The fraction of sp³-hybridized carbons (Fsp3) is 0.556. The zero-order chi connectivity index (χ0) is 18.3. The minimum Gasteiger partial charge on any atom is -0.369 e. The van der Waals surface area contributed by atoms with Crippen LogP contribution in [-0.2, 0) is 10.0 Å². The molecule has 1 aromatic heterocycles. The van der Waals surface area contributed by atoms with Crippen LogP contribution in [0.25, 0.3) is 10.9 Å². The summed E-state index contributed by atoms with van der Waals surface area (Å²) in [6.45, 7) is 2.23. The van der Waals surface area contributed by atoms with Crippen molar-refractivity contribution in [3.63, 3.8) is 0 Å². The number of piperazine rings is 1. The van der Waals surface area contributed by atoms with Gasteiger partial charge in [-0.3, -0.25) is 9.36 Å². The lowest BCUT2D eigenvalue weighted by Crippen LogP contribution is -2.48. The highest BCUT2D eigenvalue weighted by molar-refractivity contribution is 7.88. The Hall–Kier alpha value is -1.93. The molecule has 1 saturated heterocycles. The molecule has 0 amide bonds. The molecule has 0 radical (unpaired) electrons. The zero-order valence-electron chi connectivity index (χ0n) is 15.0. The molecule has 1 saturated carbocycles. The number of rotatable bonds is 3. The van der Waals surface area contributed by atoms with Gasteiger partial charge in [-0.1, -0.05) is 12.8 Å². The van der Waals surface area contributed by atoms with Crippen LogP contribution in [0.15, 0.2) is 29.3 Å². The smallest absolute Gasteiger partial charge is 0.261 e. The Bertz CT molecular complexity index is 972. The number of benzene rings is 1. The molecule has 140 valence electrons. The third-order valence-corrected chi connectivity index (χ3v) is 6.86. The van der Waals surface area contributed by atoms with E-state index in [1.54, 1.807) is 10.9 Å². The van der Waals surface area contributed by atoms with Crippen LogP contribution in [0.4, 0.5) is 5.69 Å². The third-order valence-electron chi connectivity index (χ3n) is 5.56. The van der Waals surface area contributed by atoms with Crippen LogP contribution in [0.5, 0.6) is 0 Å². The van der Waals surface area contributed by atoms with Gasteiger partial charge in [0.2, 0.25) is 10.0 Å². The standard InChI is InChI=1S/C18H24N4O3S/c1-26(24,25)21-10-8-20(9-11-21)15-6-7-16-17(12-15)19-13-22(18(16)23)14-4-2-3-5-14/h6-7,12-14H,2-5,8-11H2,1H3. The lowest BCUT2D eigenvalue weighted by Gasteiger charge is -2.34.